The zero-order valence-corrected chi connectivity index (χ0v) is 16.5. The molecule has 5 nitrogen and oxygen atoms in total. The Morgan fingerprint density at radius 2 is 1.90 bits per heavy atom. The summed E-state index contributed by atoms with van der Waals surface area (Å²) in [7, 11) is 1.55. The predicted molar refractivity (Wildman–Crippen MR) is 108 cm³/mol. The van der Waals surface area contributed by atoms with Crippen molar-refractivity contribution < 1.29 is 23.0 Å². The van der Waals surface area contributed by atoms with Crippen LogP contribution in [0.2, 0.25) is 0 Å². The standard InChI is InChI=1S/C21H16F3N3O2S/c1-29-14-8-6-12(7-9-14)17-11-30-19(25-17)27-20(28,21(22,23)24)16-10-13-4-2-3-5-15(13)18(16)26-27/h2-9,11,16,28H,10H2,1H3/t16-,20-/m0/s1. The molecule has 2 heterocycles. The van der Waals surface area contributed by atoms with Gasteiger partial charge in [0.1, 0.15) is 5.75 Å². The Morgan fingerprint density at radius 1 is 1.17 bits per heavy atom. The fraction of sp³-hybridized carbons (Fsp3) is 0.238. The van der Waals surface area contributed by atoms with E-state index in [1.54, 1.807) is 61.0 Å². The fourth-order valence-electron chi connectivity index (χ4n) is 4.00. The van der Waals surface area contributed by atoms with E-state index >= 15 is 0 Å². The number of aliphatic hydroxyl groups is 1. The van der Waals surface area contributed by atoms with Crippen LogP contribution in [-0.4, -0.2) is 34.8 Å². The van der Waals surface area contributed by atoms with Crippen molar-refractivity contribution in [2.75, 3.05) is 12.1 Å². The summed E-state index contributed by atoms with van der Waals surface area (Å²) < 4.78 is 47.6. The Balaban J connectivity index is 1.57. The lowest BCUT2D eigenvalue weighted by atomic mass is 9.91. The van der Waals surface area contributed by atoms with Crippen LogP contribution in [0.4, 0.5) is 18.3 Å². The van der Waals surface area contributed by atoms with Gasteiger partial charge >= 0.3 is 6.18 Å². The average molecular weight is 431 g/mol. The van der Waals surface area contributed by atoms with Crippen LogP contribution in [0.1, 0.15) is 11.1 Å². The molecule has 1 aromatic heterocycles. The van der Waals surface area contributed by atoms with Crippen molar-refractivity contribution in [3.8, 4) is 17.0 Å². The maximum atomic E-state index is 14.2. The molecule has 154 valence electrons. The van der Waals surface area contributed by atoms with Crippen molar-refractivity contribution in [2.24, 2.45) is 11.0 Å². The first-order valence-corrected chi connectivity index (χ1v) is 10.1. The fourth-order valence-corrected chi connectivity index (χ4v) is 4.84. The zero-order chi connectivity index (χ0) is 21.1. The first kappa shape index (κ1) is 19.1. The highest BCUT2D eigenvalue weighted by atomic mass is 32.1. The van der Waals surface area contributed by atoms with E-state index in [9.17, 15) is 18.3 Å². The molecule has 9 heteroatoms. The number of benzene rings is 2. The van der Waals surface area contributed by atoms with Gasteiger partial charge in [-0.05, 0) is 36.2 Å². The lowest BCUT2D eigenvalue weighted by Gasteiger charge is -2.36. The van der Waals surface area contributed by atoms with Crippen molar-refractivity contribution in [1.82, 2.24) is 4.98 Å². The highest BCUT2D eigenvalue weighted by Gasteiger charge is 2.69. The van der Waals surface area contributed by atoms with E-state index < -0.39 is 17.8 Å². The molecule has 0 saturated heterocycles. The topological polar surface area (TPSA) is 58.0 Å². The number of nitrogens with zero attached hydrogens (tertiary/aromatic N) is 3. The van der Waals surface area contributed by atoms with Gasteiger partial charge < -0.3 is 9.84 Å². The normalized spacial score (nSPS) is 22.6. The van der Waals surface area contributed by atoms with Crippen LogP contribution >= 0.6 is 11.3 Å². The minimum atomic E-state index is -4.92. The van der Waals surface area contributed by atoms with Crippen LogP contribution in [0.3, 0.4) is 0 Å². The summed E-state index contributed by atoms with van der Waals surface area (Å²) in [6, 6.07) is 14.1. The number of aromatic nitrogens is 1. The Bertz CT molecular complexity index is 1140. The van der Waals surface area contributed by atoms with Crippen LogP contribution < -0.4 is 9.75 Å². The molecule has 0 unspecified atom stereocenters. The molecule has 2 aliphatic rings. The molecule has 0 fully saturated rings. The number of fused-ring (bicyclic) bond motifs is 3. The second-order valence-electron chi connectivity index (χ2n) is 7.18. The molecule has 0 saturated carbocycles. The lowest BCUT2D eigenvalue weighted by Crippen LogP contribution is -2.60. The van der Waals surface area contributed by atoms with Crippen molar-refractivity contribution in [1.29, 1.82) is 0 Å². The molecule has 0 amide bonds. The van der Waals surface area contributed by atoms with Gasteiger partial charge in [-0.2, -0.15) is 23.3 Å². The molecule has 0 radical (unpaired) electrons. The molecule has 0 spiro atoms. The van der Waals surface area contributed by atoms with Crippen LogP contribution in [-0.2, 0) is 6.42 Å². The van der Waals surface area contributed by atoms with Gasteiger partial charge in [0.05, 0.1) is 24.4 Å². The maximum absolute atomic E-state index is 14.2. The van der Waals surface area contributed by atoms with Gasteiger partial charge in [-0.3, -0.25) is 0 Å². The van der Waals surface area contributed by atoms with Crippen molar-refractivity contribution in [3.05, 3.63) is 65.0 Å². The first-order valence-electron chi connectivity index (χ1n) is 9.19. The quantitative estimate of drug-likeness (QED) is 0.665. The minimum absolute atomic E-state index is 0.0139. The van der Waals surface area contributed by atoms with Crippen LogP contribution in [0.5, 0.6) is 5.75 Å². The molecule has 2 atom stereocenters. The number of thiazole rings is 1. The summed E-state index contributed by atoms with van der Waals surface area (Å²) in [4.78, 5) is 4.35. The highest BCUT2D eigenvalue weighted by molar-refractivity contribution is 7.14. The van der Waals surface area contributed by atoms with Gasteiger partial charge in [0.2, 0.25) is 5.13 Å². The highest BCUT2D eigenvalue weighted by Crippen LogP contribution is 2.51. The summed E-state index contributed by atoms with van der Waals surface area (Å²) in [5, 5.41) is 17.5. The van der Waals surface area contributed by atoms with E-state index in [0.29, 0.717) is 22.0 Å². The summed E-state index contributed by atoms with van der Waals surface area (Å²) in [5.74, 6) is -0.540. The third-order valence-electron chi connectivity index (χ3n) is 5.54. The lowest BCUT2D eigenvalue weighted by molar-refractivity contribution is -0.267. The first-order chi connectivity index (χ1) is 14.3. The molecule has 1 N–H and O–H groups in total. The number of hydrazone groups is 1. The third kappa shape index (κ3) is 2.65. The smallest absolute Gasteiger partial charge is 0.439 e. The minimum Gasteiger partial charge on any atom is -0.497 e. The maximum Gasteiger partial charge on any atom is 0.439 e. The Morgan fingerprint density at radius 3 is 2.60 bits per heavy atom. The van der Waals surface area contributed by atoms with E-state index in [-0.39, 0.29) is 17.3 Å². The molecule has 5 rings (SSSR count). The third-order valence-corrected chi connectivity index (χ3v) is 6.36. The monoisotopic (exact) mass is 431 g/mol. The predicted octanol–water partition coefficient (Wildman–Crippen LogP) is 4.47. The second kappa shape index (κ2) is 6.55. The van der Waals surface area contributed by atoms with E-state index in [4.69, 9.17) is 4.74 Å². The Hall–Kier alpha value is -2.91. The summed E-state index contributed by atoms with van der Waals surface area (Å²) in [5.41, 5.74) is -0.296. The molecule has 3 aromatic rings. The molecule has 30 heavy (non-hydrogen) atoms. The molecular weight excluding hydrogens is 415 g/mol. The van der Waals surface area contributed by atoms with Crippen LogP contribution in [0.15, 0.2) is 59.0 Å². The summed E-state index contributed by atoms with van der Waals surface area (Å²) in [6.45, 7) is 0. The number of hydrogen-bond donors (Lipinski definition) is 1. The number of methoxy groups -OCH3 is 1. The summed E-state index contributed by atoms with van der Waals surface area (Å²) >= 11 is 1.01. The number of alkyl halides is 3. The van der Waals surface area contributed by atoms with Crippen LogP contribution in [0.25, 0.3) is 11.3 Å². The summed E-state index contributed by atoms with van der Waals surface area (Å²) in [6.07, 6.45) is -4.85. The van der Waals surface area contributed by atoms with Gasteiger partial charge in [-0.1, -0.05) is 24.3 Å². The van der Waals surface area contributed by atoms with Crippen LogP contribution in [0, 0.1) is 5.92 Å². The van der Waals surface area contributed by atoms with E-state index in [0.717, 1.165) is 22.5 Å². The average Bonchev–Trinajstić information content (AvgIpc) is 3.42. The zero-order valence-electron chi connectivity index (χ0n) is 15.7. The van der Waals surface area contributed by atoms with Gasteiger partial charge in [0, 0.05) is 16.5 Å². The van der Waals surface area contributed by atoms with Gasteiger partial charge in [0.15, 0.2) is 0 Å². The molecular formula is C21H16F3N3O2S. The number of rotatable bonds is 3. The van der Waals surface area contributed by atoms with Gasteiger partial charge in [-0.15, -0.1) is 11.3 Å². The number of hydrogen-bond acceptors (Lipinski definition) is 6. The Kier molecular flexibility index (Phi) is 4.16. The Labute approximate surface area is 174 Å². The van der Waals surface area contributed by atoms with Gasteiger partial charge in [-0.25, -0.2) is 4.98 Å². The van der Waals surface area contributed by atoms with Crippen molar-refractivity contribution >= 4 is 22.2 Å². The van der Waals surface area contributed by atoms with E-state index in [2.05, 4.69) is 10.1 Å². The van der Waals surface area contributed by atoms with Crippen molar-refractivity contribution in [3.63, 3.8) is 0 Å². The van der Waals surface area contributed by atoms with Gasteiger partial charge in [0.25, 0.3) is 5.72 Å². The number of halogens is 3. The SMILES string of the molecule is COc1ccc(-c2csc(N3N=C4c5ccccc5C[C@@H]4[C@]3(O)C(F)(F)F)n2)cc1. The molecule has 1 aliphatic heterocycles. The molecule has 1 aliphatic carbocycles. The van der Waals surface area contributed by atoms with E-state index in [1.165, 1.54) is 0 Å². The molecule has 2 aromatic carbocycles. The number of anilines is 1. The molecule has 0 bridgehead atoms. The largest absolute Gasteiger partial charge is 0.497 e. The van der Waals surface area contributed by atoms with Crippen molar-refractivity contribution in [2.45, 2.75) is 18.3 Å². The second-order valence-corrected chi connectivity index (χ2v) is 8.02. The van der Waals surface area contributed by atoms with E-state index in [1.807, 2.05) is 0 Å². The number of ether oxygens (including phenoxy) is 1.